The van der Waals surface area contributed by atoms with Crippen molar-refractivity contribution < 1.29 is 5.11 Å². The van der Waals surface area contributed by atoms with E-state index in [2.05, 4.69) is 10.3 Å². The number of thiophene rings is 1. The molecule has 1 aromatic heterocycles. The minimum atomic E-state index is 0.113. The Kier molecular flexibility index (Phi) is 1.41. The molecule has 2 N–H and O–H groups in total. The molecule has 1 aromatic rings. The second-order valence-electron chi connectivity index (χ2n) is 3.58. The Morgan fingerprint density at radius 2 is 2.31 bits per heavy atom. The van der Waals surface area contributed by atoms with Crippen molar-refractivity contribution in [2.45, 2.75) is 19.0 Å². The Morgan fingerprint density at radius 3 is 3.08 bits per heavy atom. The van der Waals surface area contributed by atoms with Gasteiger partial charge in [-0.15, -0.1) is 11.3 Å². The number of rotatable bonds is 1. The molecule has 3 nitrogen and oxygen atoms in total. The molecule has 68 valence electrons. The van der Waals surface area contributed by atoms with Gasteiger partial charge in [0.25, 0.3) is 0 Å². The Morgan fingerprint density at radius 1 is 1.46 bits per heavy atom. The molecule has 4 heteroatoms. The largest absolute Gasteiger partial charge is 0.493 e. The zero-order chi connectivity index (χ0) is 8.84. The first-order valence-electron chi connectivity index (χ1n) is 4.44. The first-order chi connectivity index (χ1) is 6.34. The molecule has 3 rings (SSSR count). The summed E-state index contributed by atoms with van der Waals surface area (Å²) in [5, 5.41) is 16.9. The van der Waals surface area contributed by atoms with E-state index in [9.17, 15) is 5.11 Å². The average molecular weight is 194 g/mol. The van der Waals surface area contributed by atoms with E-state index < -0.39 is 0 Å². The highest BCUT2D eigenvalue weighted by molar-refractivity contribution is 7.08. The number of aliphatic hydroxyl groups is 1. The molecule has 0 spiro atoms. The lowest BCUT2D eigenvalue weighted by Crippen LogP contribution is -2.26. The van der Waals surface area contributed by atoms with Gasteiger partial charge >= 0.3 is 0 Å². The SMILES string of the molecule is OC1=NC(C2CC2)Nc2cscc21. The Bertz CT molecular complexity index is 367. The summed E-state index contributed by atoms with van der Waals surface area (Å²) in [7, 11) is 0. The van der Waals surface area contributed by atoms with E-state index in [4.69, 9.17) is 0 Å². The minimum absolute atomic E-state index is 0.113. The van der Waals surface area contributed by atoms with Gasteiger partial charge in [0.15, 0.2) is 0 Å². The van der Waals surface area contributed by atoms with Crippen LogP contribution in [0.5, 0.6) is 0 Å². The Hall–Kier alpha value is -1.03. The van der Waals surface area contributed by atoms with Gasteiger partial charge in [-0.25, -0.2) is 4.99 Å². The smallest absolute Gasteiger partial charge is 0.218 e. The van der Waals surface area contributed by atoms with Crippen LogP contribution < -0.4 is 5.32 Å². The van der Waals surface area contributed by atoms with Crippen molar-refractivity contribution in [1.82, 2.24) is 0 Å². The van der Waals surface area contributed by atoms with E-state index in [1.807, 2.05) is 10.8 Å². The summed E-state index contributed by atoms with van der Waals surface area (Å²) < 4.78 is 0. The van der Waals surface area contributed by atoms with Gasteiger partial charge in [0, 0.05) is 10.8 Å². The summed E-state index contributed by atoms with van der Waals surface area (Å²) in [4.78, 5) is 4.23. The summed E-state index contributed by atoms with van der Waals surface area (Å²) in [5.74, 6) is 0.835. The van der Waals surface area contributed by atoms with Crippen LogP contribution in [0.2, 0.25) is 0 Å². The van der Waals surface area contributed by atoms with Crippen molar-refractivity contribution >= 4 is 22.9 Å². The van der Waals surface area contributed by atoms with Crippen LogP contribution >= 0.6 is 11.3 Å². The van der Waals surface area contributed by atoms with Gasteiger partial charge in [-0.2, -0.15) is 0 Å². The Labute approximate surface area is 80.1 Å². The van der Waals surface area contributed by atoms with Crippen molar-refractivity contribution in [1.29, 1.82) is 0 Å². The summed E-state index contributed by atoms with van der Waals surface area (Å²) in [6, 6.07) is 0. The number of hydrogen-bond donors (Lipinski definition) is 2. The van der Waals surface area contributed by atoms with E-state index in [1.165, 1.54) is 12.8 Å². The zero-order valence-corrected chi connectivity index (χ0v) is 7.84. The van der Waals surface area contributed by atoms with Gasteiger partial charge in [-0.05, 0) is 18.8 Å². The number of fused-ring (bicyclic) bond motifs is 1. The molecule has 2 aliphatic rings. The van der Waals surface area contributed by atoms with E-state index in [-0.39, 0.29) is 12.1 Å². The molecule has 1 unspecified atom stereocenters. The average Bonchev–Trinajstić information content (AvgIpc) is 2.85. The van der Waals surface area contributed by atoms with E-state index >= 15 is 0 Å². The van der Waals surface area contributed by atoms with Crippen LogP contribution in [0.3, 0.4) is 0 Å². The normalized spacial score (nSPS) is 26.2. The monoisotopic (exact) mass is 194 g/mol. The molecule has 2 heterocycles. The lowest BCUT2D eigenvalue weighted by molar-refractivity contribution is 0.529. The quantitative estimate of drug-likeness (QED) is 0.720. The van der Waals surface area contributed by atoms with E-state index in [0.717, 1.165) is 11.3 Å². The molecule has 13 heavy (non-hydrogen) atoms. The first kappa shape index (κ1) is 7.38. The second-order valence-corrected chi connectivity index (χ2v) is 4.32. The summed E-state index contributed by atoms with van der Waals surface area (Å²) in [5.41, 5.74) is 1.89. The molecule has 1 atom stereocenters. The number of nitrogens with zero attached hydrogens (tertiary/aromatic N) is 1. The topological polar surface area (TPSA) is 44.6 Å². The summed E-state index contributed by atoms with van der Waals surface area (Å²) >= 11 is 1.59. The molecule has 0 saturated heterocycles. The van der Waals surface area contributed by atoms with Crippen LogP contribution in [-0.2, 0) is 0 Å². The molecule has 0 radical (unpaired) electrons. The molecular weight excluding hydrogens is 184 g/mol. The highest BCUT2D eigenvalue weighted by Crippen LogP contribution is 2.38. The van der Waals surface area contributed by atoms with Crippen molar-refractivity contribution in [3.8, 4) is 0 Å². The summed E-state index contributed by atoms with van der Waals surface area (Å²) in [6.45, 7) is 0. The lowest BCUT2D eigenvalue weighted by atomic mass is 10.2. The van der Waals surface area contributed by atoms with E-state index in [1.54, 1.807) is 11.3 Å². The molecule has 0 aromatic carbocycles. The van der Waals surface area contributed by atoms with Gasteiger partial charge in [0.2, 0.25) is 5.90 Å². The third kappa shape index (κ3) is 1.13. The zero-order valence-electron chi connectivity index (χ0n) is 7.03. The first-order valence-corrected chi connectivity index (χ1v) is 5.39. The Balaban J connectivity index is 1.98. The van der Waals surface area contributed by atoms with Crippen LogP contribution in [0.15, 0.2) is 15.8 Å². The molecule has 1 saturated carbocycles. The molecular formula is C9H10N2OS. The summed E-state index contributed by atoms with van der Waals surface area (Å²) in [6.07, 6.45) is 2.57. The number of aliphatic hydroxyl groups excluding tert-OH is 1. The van der Waals surface area contributed by atoms with Gasteiger partial charge in [0.1, 0.15) is 6.17 Å². The van der Waals surface area contributed by atoms with Gasteiger partial charge in [-0.1, -0.05) is 0 Å². The number of aliphatic imine (C=N–C) groups is 1. The maximum absolute atomic E-state index is 9.61. The fourth-order valence-corrected chi connectivity index (χ4v) is 2.38. The minimum Gasteiger partial charge on any atom is -0.493 e. The third-order valence-electron chi connectivity index (χ3n) is 2.54. The molecule has 0 amide bonds. The molecule has 1 fully saturated rings. The second kappa shape index (κ2) is 2.48. The highest BCUT2D eigenvalue weighted by atomic mass is 32.1. The van der Waals surface area contributed by atoms with Gasteiger partial charge < -0.3 is 10.4 Å². The molecule has 0 bridgehead atoms. The van der Waals surface area contributed by atoms with E-state index in [0.29, 0.717) is 5.92 Å². The highest BCUT2D eigenvalue weighted by Gasteiger charge is 2.34. The molecule has 1 aliphatic heterocycles. The van der Waals surface area contributed by atoms with Crippen LogP contribution in [0.4, 0.5) is 5.69 Å². The number of hydrogen-bond acceptors (Lipinski definition) is 3. The fourth-order valence-electron chi connectivity index (χ4n) is 1.61. The predicted octanol–water partition coefficient (Wildman–Crippen LogP) is 2.21. The number of nitrogens with one attached hydrogen (secondary N) is 1. The maximum Gasteiger partial charge on any atom is 0.218 e. The lowest BCUT2D eigenvalue weighted by Gasteiger charge is -2.20. The number of anilines is 1. The van der Waals surface area contributed by atoms with Gasteiger partial charge in [0.05, 0.1) is 11.3 Å². The predicted molar refractivity (Wildman–Crippen MR) is 53.6 cm³/mol. The van der Waals surface area contributed by atoms with Crippen molar-refractivity contribution in [3.63, 3.8) is 0 Å². The van der Waals surface area contributed by atoms with Gasteiger partial charge in [-0.3, -0.25) is 0 Å². The fraction of sp³-hybridized carbons (Fsp3) is 0.444. The van der Waals surface area contributed by atoms with Crippen molar-refractivity contribution in [3.05, 3.63) is 16.3 Å². The van der Waals surface area contributed by atoms with Crippen molar-refractivity contribution in [2.24, 2.45) is 10.9 Å². The maximum atomic E-state index is 9.61. The van der Waals surface area contributed by atoms with Crippen LogP contribution in [0.1, 0.15) is 18.4 Å². The van der Waals surface area contributed by atoms with Crippen molar-refractivity contribution in [2.75, 3.05) is 5.32 Å². The third-order valence-corrected chi connectivity index (χ3v) is 3.28. The van der Waals surface area contributed by atoms with Crippen LogP contribution in [-0.4, -0.2) is 17.2 Å². The molecule has 1 aliphatic carbocycles. The van der Waals surface area contributed by atoms with Crippen LogP contribution in [0.25, 0.3) is 0 Å². The standard InChI is InChI=1S/C9H10N2OS/c12-9-6-3-13-4-7(6)10-8(11-9)5-1-2-5/h3-5,8,10H,1-2H2,(H,11,12). The van der Waals surface area contributed by atoms with Crippen LogP contribution in [0, 0.1) is 5.92 Å².